The Bertz CT molecular complexity index is 637. The summed E-state index contributed by atoms with van der Waals surface area (Å²) in [5, 5.41) is 0. The Hall–Kier alpha value is -1.84. The summed E-state index contributed by atoms with van der Waals surface area (Å²) < 4.78 is 0. The number of nitrogens with zero attached hydrogens (tertiary/aromatic N) is 2. The molecule has 2 aliphatic rings. The molecule has 0 atom stereocenters. The van der Waals surface area contributed by atoms with E-state index in [4.69, 9.17) is 0 Å². The van der Waals surface area contributed by atoms with E-state index < -0.39 is 0 Å². The number of hydrogen-bond acceptors (Lipinski definition) is 2. The van der Waals surface area contributed by atoms with Crippen molar-refractivity contribution in [2.45, 2.75) is 58.3 Å². The summed E-state index contributed by atoms with van der Waals surface area (Å²) in [5.41, 5.74) is 2.15. The maximum atomic E-state index is 12.8. The van der Waals surface area contributed by atoms with E-state index in [1.165, 1.54) is 5.56 Å². The summed E-state index contributed by atoms with van der Waals surface area (Å²) in [6, 6.07) is 8.09. The third kappa shape index (κ3) is 4.46. The molecule has 0 unspecified atom stereocenters. The summed E-state index contributed by atoms with van der Waals surface area (Å²) in [7, 11) is 0. The molecule has 142 valence electrons. The highest BCUT2D eigenvalue weighted by Crippen LogP contribution is 2.25. The Balaban J connectivity index is 1.48. The van der Waals surface area contributed by atoms with Gasteiger partial charge in [0.05, 0.1) is 0 Å². The number of amides is 2. The average molecular weight is 357 g/mol. The topological polar surface area (TPSA) is 40.6 Å². The minimum atomic E-state index is 0.108. The van der Waals surface area contributed by atoms with E-state index in [9.17, 15) is 9.59 Å². The summed E-state index contributed by atoms with van der Waals surface area (Å²) in [6.07, 6.45) is 4.91. The van der Waals surface area contributed by atoms with Crippen LogP contribution in [0.3, 0.4) is 0 Å². The van der Waals surface area contributed by atoms with Crippen molar-refractivity contribution < 1.29 is 9.59 Å². The zero-order valence-corrected chi connectivity index (χ0v) is 16.5. The first-order valence-electron chi connectivity index (χ1n) is 10.0. The van der Waals surface area contributed by atoms with Crippen molar-refractivity contribution in [3.63, 3.8) is 0 Å². The van der Waals surface area contributed by atoms with Gasteiger partial charge in [-0.25, -0.2) is 0 Å². The fourth-order valence-corrected chi connectivity index (χ4v) is 4.00. The van der Waals surface area contributed by atoms with Crippen molar-refractivity contribution in [2.75, 3.05) is 26.2 Å². The Labute approximate surface area is 157 Å². The zero-order valence-electron chi connectivity index (χ0n) is 16.5. The molecule has 0 aliphatic carbocycles. The fourth-order valence-electron chi connectivity index (χ4n) is 4.00. The molecule has 1 aromatic rings. The van der Waals surface area contributed by atoms with Gasteiger partial charge in [-0.05, 0) is 54.7 Å². The molecule has 2 saturated heterocycles. The average Bonchev–Trinajstić information content (AvgIpc) is 3.04. The minimum Gasteiger partial charge on any atom is -0.343 e. The third-order valence-corrected chi connectivity index (χ3v) is 5.88. The van der Waals surface area contributed by atoms with E-state index in [1.807, 2.05) is 21.9 Å². The lowest BCUT2D eigenvalue weighted by Gasteiger charge is -2.33. The molecule has 4 nitrogen and oxygen atoms in total. The predicted molar refractivity (Wildman–Crippen MR) is 104 cm³/mol. The second kappa shape index (κ2) is 7.81. The highest BCUT2D eigenvalue weighted by atomic mass is 16.2. The van der Waals surface area contributed by atoms with Crippen LogP contribution in [0.1, 0.15) is 68.8 Å². The van der Waals surface area contributed by atoms with Crippen LogP contribution < -0.4 is 0 Å². The molecule has 0 saturated carbocycles. The molecule has 2 heterocycles. The van der Waals surface area contributed by atoms with Crippen LogP contribution in [0, 0.1) is 5.92 Å². The second-order valence-corrected chi connectivity index (χ2v) is 8.84. The van der Waals surface area contributed by atoms with Gasteiger partial charge in [0.15, 0.2) is 0 Å². The normalized spacial score (nSPS) is 19.3. The summed E-state index contributed by atoms with van der Waals surface area (Å²) in [6.45, 7) is 10.0. The van der Waals surface area contributed by atoms with E-state index in [0.29, 0.717) is 11.8 Å². The monoisotopic (exact) mass is 356 g/mol. The van der Waals surface area contributed by atoms with Gasteiger partial charge in [0, 0.05) is 38.2 Å². The SMILES string of the molecule is CC(C)(C)c1ccc(C(=O)N2CCC(CCN3CCCC3=O)CC2)cc1. The Morgan fingerprint density at radius 2 is 1.73 bits per heavy atom. The molecule has 2 amide bonds. The van der Waals surface area contributed by atoms with Crippen LogP contribution in [-0.4, -0.2) is 47.8 Å². The van der Waals surface area contributed by atoms with Gasteiger partial charge in [-0.15, -0.1) is 0 Å². The van der Waals surface area contributed by atoms with Crippen molar-refractivity contribution in [1.82, 2.24) is 9.80 Å². The van der Waals surface area contributed by atoms with Crippen LogP contribution in [0.2, 0.25) is 0 Å². The van der Waals surface area contributed by atoms with E-state index in [2.05, 4.69) is 32.9 Å². The number of benzene rings is 1. The lowest BCUT2D eigenvalue weighted by atomic mass is 9.86. The quantitative estimate of drug-likeness (QED) is 0.822. The fraction of sp³-hybridized carbons (Fsp3) is 0.636. The van der Waals surface area contributed by atoms with Gasteiger partial charge >= 0.3 is 0 Å². The Morgan fingerprint density at radius 1 is 1.08 bits per heavy atom. The predicted octanol–water partition coefficient (Wildman–Crippen LogP) is 3.85. The molecule has 26 heavy (non-hydrogen) atoms. The standard InChI is InChI=1S/C22H32N2O2/c1-22(2,3)19-8-6-18(7-9-19)21(26)24-15-11-17(12-16-24)10-14-23-13-4-5-20(23)25/h6-9,17H,4-5,10-16H2,1-3H3. The molecule has 0 spiro atoms. The number of carbonyl (C=O) groups is 2. The molecule has 2 fully saturated rings. The summed E-state index contributed by atoms with van der Waals surface area (Å²) in [4.78, 5) is 28.5. The maximum Gasteiger partial charge on any atom is 0.253 e. The molecular weight excluding hydrogens is 324 g/mol. The molecule has 3 rings (SSSR count). The van der Waals surface area contributed by atoms with Crippen molar-refractivity contribution in [3.8, 4) is 0 Å². The van der Waals surface area contributed by atoms with Crippen LogP contribution in [0.5, 0.6) is 0 Å². The highest BCUT2D eigenvalue weighted by molar-refractivity contribution is 5.94. The molecule has 2 aliphatic heterocycles. The number of carbonyl (C=O) groups excluding carboxylic acids is 2. The van der Waals surface area contributed by atoms with Gasteiger partial charge in [-0.1, -0.05) is 32.9 Å². The van der Waals surface area contributed by atoms with E-state index in [1.54, 1.807) is 0 Å². The lowest BCUT2D eigenvalue weighted by Crippen LogP contribution is -2.39. The largest absolute Gasteiger partial charge is 0.343 e. The number of hydrogen-bond donors (Lipinski definition) is 0. The smallest absolute Gasteiger partial charge is 0.253 e. The van der Waals surface area contributed by atoms with Gasteiger partial charge in [-0.2, -0.15) is 0 Å². The first kappa shape index (κ1) is 18.9. The number of piperidine rings is 1. The van der Waals surface area contributed by atoms with Crippen LogP contribution in [0.4, 0.5) is 0 Å². The lowest BCUT2D eigenvalue weighted by molar-refractivity contribution is -0.127. The van der Waals surface area contributed by atoms with Gasteiger partial charge < -0.3 is 9.80 Å². The summed E-state index contributed by atoms with van der Waals surface area (Å²) >= 11 is 0. The van der Waals surface area contributed by atoms with E-state index >= 15 is 0 Å². The number of rotatable bonds is 4. The first-order valence-corrected chi connectivity index (χ1v) is 10.0. The van der Waals surface area contributed by atoms with Crippen LogP contribution >= 0.6 is 0 Å². The molecule has 1 aromatic carbocycles. The molecule has 0 bridgehead atoms. The van der Waals surface area contributed by atoms with Gasteiger partial charge in [0.25, 0.3) is 5.91 Å². The van der Waals surface area contributed by atoms with E-state index in [0.717, 1.165) is 63.8 Å². The van der Waals surface area contributed by atoms with Gasteiger partial charge in [-0.3, -0.25) is 9.59 Å². The Morgan fingerprint density at radius 3 is 2.27 bits per heavy atom. The van der Waals surface area contributed by atoms with Crippen molar-refractivity contribution in [2.24, 2.45) is 5.92 Å². The van der Waals surface area contributed by atoms with Crippen LogP contribution in [0.25, 0.3) is 0 Å². The van der Waals surface area contributed by atoms with Crippen LogP contribution in [0.15, 0.2) is 24.3 Å². The molecule has 0 aromatic heterocycles. The Kier molecular flexibility index (Phi) is 5.69. The minimum absolute atomic E-state index is 0.108. The van der Waals surface area contributed by atoms with E-state index in [-0.39, 0.29) is 11.3 Å². The van der Waals surface area contributed by atoms with Crippen LogP contribution in [-0.2, 0) is 10.2 Å². The maximum absolute atomic E-state index is 12.8. The first-order chi connectivity index (χ1) is 12.3. The van der Waals surface area contributed by atoms with Gasteiger partial charge in [0.1, 0.15) is 0 Å². The van der Waals surface area contributed by atoms with Crippen molar-refractivity contribution >= 4 is 11.8 Å². The van der Waals surface area contributed by atoms with Gasteiger partial charge in [0.2, 0.25) is 5.91 Å². The molecule has 0 radical (unpaired) electrons. The second-order valence-electron chi connectivity index (χ2n) is 8.84. The third-order valence-electron chi connectivity index (χ3n) is 5.88. The number of likely N-dealkylation sites (tertiary alicyclic amines) is 2. The molecule has 0 N–H and O–H groups in total. The highest BCUT2D eigenvalue weighted by Gasteiger charge is 2.26. The molecular formula is C22H32N2O2. The van der Waals surface area contributed by atoms with Crippen molar-refractivity contribution in [3.05, 3.63) is 35.4 Å². The zero-order chi connectivity index (χ0) is 18.7. The molecule has 4 heteroatoms. The summed E-state index contributed by atoms with van der Waals surface area (Å²) in [5.74, 6) is 1.10. The van der Waals surface area contributed by atoms with Crippen molar-refractivity contribution in [1.29, 1.82) is 0 Å².